The lowest BCUT2D eigenvalue weighted by atomic mass is 10.1. The molecule has 5 nitrogen and oxygen atoms in total. The van der Waals surface area contributed by atoms with Gasteiger partial charge in [-0.25, -0.2) is 0 Å². The Labute approximate surface area is 141 Å². The van der Waals surface area contributed by atoms with Gasteiger partial charge < -0.3 is 15.0 Å². The Hall–Kier alpha value is -2.82. The van der Waals surface area contributed by atoms with Crippen LogP contribution in [-0.2, 0) is 11.2 Å². The van der Waals surface area contributed by atoms with Crippen molar-refractivity contribution in [2.24, 2.45) is 0 Å². The van der Waals surface area contributed by atoms with E-state index in [2.05, 4.69) is 5.32 Å². The molecule has 0 fully saturated rings. The van der Waals surface area contributed by atoms with Crippen molar-refractivity contribution in [3.63, 3.8) is 0 Å². The zero-order valence-corrected chi connectivity index (χ0v) is 14.0. The Kier molecular flexibility index (Phi) is 4.25. The first kappa shape index (κ1) is 16.1. The predicted molar refractivity (Wildman–Crippen MR) is 93.7 cm³/mol. The van der Waals surface area contributed by atoms with Crippen LogP contribution in [0.4, 0.5) is 11.4 Å². The third kappa shape index (κ3) is 3.25. The van der Waals surface area contributed by atoms with Crippen LogP contribution in [0, 0.1) is 0 Å². The van der Waals surface area contributed by atoms with E-state index >= 15 is 0 Å². The van der Waals surface area contributed by atoms with Crippen LogP contribution in [0.1, 0.15) is 29.8 Å². The summed E-state index contributed by atoms with van der Waals surface area (Å²) in [5.41, 5.74) is 3.07. The maximum Gasteiger partial charge on any atom is 0.255 e. The summed E-state index contributed by atoms with van der Waals surface area (Å²) in [7, 11) is 1.76. The molecule has 0 spiro atoms. The first-order chi connectivity index (χ1) is 11.4. The van der Waals surface area contributed by atoms with Crippen LogP contribution in [0.25, 0.3) is 0 Å². The topological polar surface area (TPSA) is 58.6 Å². The molecule has 24 heavy (non-hydrogen) atoms. The number of carbonyl (C=O) groups is 2. The molecule has 2 amide bonds. The van der Waals surface area contributed by atoms with Gasteiger partial charge in [0.05, 0.1) is 12.5 Å². The van der Waals surface area contributed by atoms with Crippen molar-refractivity contribution in [3.05, 3.63) is 53.6 Å². The Morgan fingerprint density at radius 3 is 2.54 bits per heavy atom. The first-order valence-corrected chi connectivity index (χ1v) is 7.91. The summed E-state index contributed by atoms with van der Waals surface area (Å²) < 4.78 is 5.57. The Bertz CT molecular complexity index is 782. The van der Waals surface area contributed by atoms with Gasteiger partial charge in [0.15, 0.2) is 0 Å². The van der Waals surface area contributed by atoms with Crippen molar-refractivity contribution in [2.45, 2.75) is 26.4 Å². The second-order valence-electron chi connectivity index (χ2n) is 6.12. The van der Waals surface area contributed by atoms with Crippen LogP contribution in [0.15, 0.2) is 42.5 Å². The fourth-order valence-corrected chi connectivity index (χ4v) is 2.71. The molecule has 2 aromatic carbocycles. The molecule has 124 valence electrons. The van der Waals surface area contributed by atoms with Crippen molar-refractivity contribution in [1.29, 1.82) is 0 Å². The van der Waals surface area contributed by atoms with Gasteiger partial charge in [0.2, 0.25) is 5.91 Å². The van der Waals surface area contributed by atoms with E-state index in [1.54, 1.807) is 36.2 Å². The largest absolute Gasteiger partial charge is 0.491 e. The summed E-state index contributed by atoms with van der Waals surface area (Å²) >= 11 is 0. The lowest BCUT2D eigenvalue weighted by Gasteiger charge is -2.12. The third-order valence-electron chi connectivity index (χ3n) is 3.90. The molecule has 0 aromatic heterocycles. The molecule has 0 radical (unpaired) electrons. The molecule has 0 saturated heterocycles. The highest BCUT2D eigenvalue weighted by Crippen LogP contribution is 2.30. The fraction of sp³-hybridized carbons (Fsp3) is 0.263. The van der Waals surface area contributed by atoms with Gasteiger partial charge in [0.1, 0.15) is 5.75 Å². The minimum atomic E-state index is -0.191. The van der Waals surface area contributed by atoms with Crippen LogP contribution in [-0.4, -0.2) is 25.0 Å². The number of amides is 2. The van der Waals surface area contributed by atoms with Crippen molar-refractivity contribution >= 4 is 23.2 Å². The molecule has 2 aromatic rings. The molecule has 1 heterocycles. The smallest absolute Gasteiger partial charge is 0.255 e. The molecule has 3 rings (SSSR count). The molecule has 1 N–H and O–H groups in total. The highest BCUT2D eigenvalue weighted by atomic mass is 16.5. The number of carbonyl (C=O) groups excluding carboxylic acids is 2. The third-order valence-corrected chi connectivity index (χ3v) is 3.90. The van der Waals surface area contributed by atoms with Crippen LogP contribution in [0.2, 0.25) is 0 Å². The van der Waals surface area contributed by atoms with Gasteiger partial charge in [-0.3, -0.25) is 9.59 Å². The van der Waals surface area contributed by atoms with Gasteiger partial charge in [-0.15, -0.1) is 0 Å². The molecule has 0 atom stereocenters. The lowest BCUT2D eigenvalue weighted by Crippen LogP contribution is -2.20. The van der Waals surface area contributed by atoms with Gasteiger partial charge in [-0.1, -0.05) is 0 Å². The number of anilines is 2. The van der Waals surface area contributed by atoms with Gasteiger partial charge >= 0.3 is 0 Å². The number of nitrogens with one attached hydrogen (secondary N) is 1. The molecule has 5 heteroatoms. The molecule has 1 aliphatic rings. The average molecular weight is 324 g/mol. The lowest BCUT2D eigenvalue weighted by molar-refractivity contribution is -0.117. The monoisotopic (exact) mass is 324 g/mol. The van der Waals surface area contributed by atoms with E-state index in [-0.39, 0.29) is 17.9 Å². The van der Waals surface area contributed by atoms with Gasteiger partial charge in [-0.05, 0) is 61.9 Å². The number of nitrogens with zero attached hydrogens (tertiary/aromatic N) is 1. The number of rotatable bonds is 4. The van der Waals surface area contributed by atoms with Gasteiger partial charge in [-0.2, -0.15) is 0 Å². The summed E-state index contributed by atoms with van der Waals surface area (Å²) in [6, 6.07) is 12.5. The van der Waals surface area contributed by atoms with Crippen LogP contribution >= 0.6 is 0 Å². The highest BCUT2D eigenvalue weighted by Gasteiger charge is 2.24. The average Bonchev–Trinajstić information content (AvgIpc) is 2.81. The Balaban J connectivity index is 1.71. The van der Waals surface area contributed by atoms with E-state index in [0.29, 0.717) is 17.7 Å². The summed E-state index contributed by atoms with van der Waals surface area (Å²) in [4.78, 5) is 25.7. The quantitative estimate of drug-likeness (QED) is 0.939. The van der Waals surface area contributed by atoms with Crippen LogP contribution in [0.3, 0.4) is 0 Å². The molecular weight excluding hydrogens is 304 g/mol. The summed E-state index contributed by atoms with van der Waals surface area (Å²) in [6.07, 6.45) is 0.466. The van der Waals surface area contributed by atoms with E-state index in [0.717, 1.165) is 17.0 Å². The molecule has 0 saturated carbocycles. The standard InChI is InChI=1S/C19H20N2O3/c1-12(2)24-16-7-4-13(5-8-16)19(23)20-15-6-9-17-14(10-15)11-18(22)21(17)3/h4-10,12H,11H2,1-3H3,(H,20,23). The second-order valence-corrected chi connectivity index (χ2v) is 6.12. The molecule has 0 unspecified atom stereocenters. The fourth-order valence-electron chi connectivity index (χ4n) is 2.71. The van der Waals surface area contributed by atoms with Crippen molar-refractivity contribution < 1.29 is 14.3 Å². The number of ether oxygens (including phenoxy) is 1. The minimum absolute atomic E-state index is 0.0641. The maximum absolute atomic E-state index is 12.3. The number of hydrogen-bond acceptors (Lipinski definition) is 3. The van der Waals surface area contributed by atoms with Gasteiger partial charge in [0, 0.05) is 24.0 Å². The zero-order chi connectivity index (χ0) is 17.3. The van der Waals surface area contributed by atoms with E-state index in [1.165, 1.54) is 0 Å². The van der Waals surface area contributed by atoms with Crippen molar-refractivity contribution in [1.82, 2.24) is 0 Å². The summed E-state index contributed by atoms with van der Waals surface area (Å²) in [5.74, 6) is 0.610. The number of benzene rings is 2. The van der Waals surface area contributed by atoms with E-state index in [1.807, 2.05) is 32.0 Å². The maximum atomic E-state index is 12.3. The number of likely N-dealkylation sites (N-methyl/N-ethyl adjacent to an activating group) is 1. The van der Waals surface area contributed by atoms with E-state index in [9.17, 15) is 9.59 Å². The summed E-state index contributed by atoms with van der Waals surface area (Å²) in [5, 5.41) is 2.87. The van der Waals surface area contributed by atoms with E-state index < -0.39 is 0 Å². The second kappa shape index (κ2) is 6.35. The van der Waals surface area contributed by atoms with Crippen molar-refractivity contribution in [3.8, 4) is 5.75 Å². The Morgan fingerprint density at radius 2 is 1.88 bits per heavy atom. The predicted octanol–water partition coefficient (Wildman–Crippen LogP) is 3.25. The SMILES string of the molecule is CC(C)Oc1ccc(C(=O)Nc2ccc3c(c2)CC(=O)N3C)cc1. The number of fused-ring (bicyclic) bond motifs is 1. The number of hydrogen-bond donors (Lipinski definition) is 1. The molecule has 0 bridgehead atoms. The van der Waals surface area contributed by atoms with Crippen LogP contribution < -0.4 is 15.0 Å². The Morgan fingerprint density at radius 1 is 1.17 bits per heavy atom. The van der Waals surface area contributed by atoms with Crippen LogP contribution in [0.5, 0.6) is 5.75 Å². The minimum Gasteiger partial charge on any atom is -0.491 e. The van der Waals surface area contributed by atoms with Gasteiger partial charge in [0.25, 0.3) is 5.91 Å². The highest BCUT2D eigenvalue weighted by molar-refractivity contribution is 6.05. The molecule has 1 aliphatic heterocycles. The first-order valence-electron chi connectivity index (χ1n) is 7.91. The summed E-state index contributed by atoms with van der Waals surface area (Å²) in [6.45, 7) is 3.91. The molecule has 0 aliphatic carbocycles. The normalized spacial score (nSPS) is 13.2. The molecular formula is C19H20N2O3. The van der Waals surface area contributed by atoms with E-state index in [4.69, 9.17) is 4.74 Å². The zero-order valence-electron chi connectivity index (χ0n) is 14.0. The van der Waals surface area contributed by atoms with Crippen molar-refractivity contribution in [2.75, 3.05) is 17.3 Å².